The van der Waals surface area contributed by atoms with Crippen molar-refractivity contribution in [3.05, 3.63) is 63.2 Å². The number of carbonyl (C=O) groups excluding carboxylic acids is 2. The number of anilines is 2. The van der Waals surface area contributed by atoms with E-state index in [4.69, 9.17) is 11.6 Å². The first-order chi connectivity index (χ1) is 10.9. The molecule has 7 nitrogen and oxygen atoms in total. The highest BCUT2D eigenvalue weighted by molar-refractivity contribution is 6.34. The quantitative estimate of drug-likeness (QED) is 0.660. The van der Waals surface area contributed by atoms with Crippen molar-refractivity contribution in [3.63, 3.8) is 0 Å². The summed E-state index contributed by atoms with van der Waals surface area (Å²) in [5, 5.41) is 16.1. The Morgan fingerprint density at radius 1 is 1.04 bits per heavy atom. The van der Waals surface area contributed by atoms with Crippen LogP contribution < -0.4 is 10.6 Å². The number of nitrogens with zero attached hydrogens (tertiary/aromatic N) is 1. The van der Waals surface area contributed by atoms with Gasteiger partial charge < -0.3 is 10.6 Å². The van der Waals surface area contributed by atoms with Crippen LogP contribution in [-0.4, -0.2) is 16.7 Å². The average Bonchev–Trinajstić information content (AvgIpc) is 2.48. The Morgan fingerprint density at radius 3 is 2.13 bits per heavy atom. The van der Waals surface area contributed by atoms with Crippen molar-refractivity contribution < 1.29 is 14.5 Å². The molecule has 2 amide bonds. The zero-order chi connectivity index (χ0) is 17.0. The minimum absolute atomic E-state index is 0.00630. The summed E-state index contributed by atoms with van der Waals surface area (Å²) < 4.78 is 0. The average molecular weight is 334 g/mol. The third-order valence-electron chi connectivity index (χ3n) is 2.87. The van der Waals surface area contributed by atoms with Crippen LogP contribution in [-0.2, 0) is 4.79 Å². The van der Waals surface area contributed by atoms with E-state index >= 15 is 0 Å². The number of rotatable bonds is 4. The molecule has 2 rings (SSSR count). The van der Waals surface area contributed by atoms with Crippen LogP contribution >= 0.6 is 11.6 Å². The predicted molar refractivity (Wildman–Crippen MR) is 86.8 cm³/mol. The fourth-order valence-corrected chi connectivity index (χ4v) is 2.04. The van der Waals surface area contributed by atoms with E-state index < -0.39 is 10.8 Å². The van der Waals surface area contributed by atoms with Gasteiger partial charge in [0.25, 0.3) is 11.6 Å². The molecule has 23 heavy (non-hydrogen) atoms. The predicted octanol–water partition coefficient (Wildman–Crippen LogP) is 3.46. The van der Waals surface area contributed by atoms with Gasteiger partial charge in [-0.2, -0.15) is 0 Å². The first-order valence-corrected chi connectivity index (χ1v) is 6.87. The van der Waals surface area contributed by atoms with Crippen molar-refractivity contribution in [3.8, 4) is 0 Å². The second kappa shape index (κ2) is 6.89. The summed E-state index contributed by atoms with van der Waals surface area (Å²) in [4.78, 5) is 33.3. The summed E-state index contributed by atoms with van der Waals surface area (Å²) in [6.45, 7) is 1.39. The largest absolute Gasteiger partial charge is 0.326 e. The molecule has 0 aromatic heterocycles. The molecule has 0 aliphatic rings. The number of nitro benzene ring substituents is 1. The van der Waals surface area contributed by atoms with Crippen LogP contribution in [0.4, 0.5) is 17.1 Å². The molecule has 118 valence electrons. The van der Waals surface area contributed by atoms with Gasteiger partial charge in [0.05, 0.1) is 15.5 Å². The minimum Gasteiger partial charge on any atom is -0.326 e. The highest BCUT2D eigenvalue weighted by atomic mass is 35.5. The van der Waals surface area contributed by atoms with E-state index in [9.17, 15) is 19.7 Å². The maximum atomic E-state index is 12.2. The summed E-state index contributed by atoms with van der Waals surface area (Å²) in [5.41, 5.74) is 0.836. The molecule has 0 saturated heterocycles. The second-order valence-corrected chi connectivity index (χ2v) is 5.04. The number of hydrogen-bond acceptors (Lipinski definition) is 4. The van der Waals surface area contributed by atoms with Crippen LogP contribution in [0.2, 0.25) is 5.02 Å². The molecule has 0 unspecified atom stereocenters. The highest BCUT2D eigenvalue weighted by Gasteiger charge is 2.16. The number of halogens is 1. The SMILES string of the molecule is CC(=O)Nc1ccc(NC(=O)c2cc([N+](=O)[O-])ccc2Cl)cc1. The molecule has 2 N–H and O–H groups in total. The molecule has 0 heterocycles. The van der Waals surface area contributed by atoms with Gasteiger partial charge in [-0.15, -0.1) is 0 Å². The zero-order valence-electron chi connectivity index (χ0n) is 12.0. The molecule has 0 aliphatic heterocycles. The lowest BCUT2D eigenvalue weighted by Gasteiger charge is -2.08. The number of nitro groups is 1. The fraction of sp³-hybridized carbons (Fsp3) is 0.0667. The Kier molecular flexibility index (Phi) is 4.92. The van der Waals surface area contributed by atoms with E-state index in [1.807, 2.05) is 0 Å². The van der Waals surface area contributed by atoms with Gasteiger partial charge in [-0.3, -0.25) is 19.7 Å². The molecule has 0 atom stereocenters. The topological polar surface area (TPSA) is 101 Å². The molecule has 8 heteroatoms. The van der Waals surface area contributed by atoms with Gasteiger partial charge in [-0.25, -0.2) is 0 Å². The first kappa shape index (κ1) is 16.4. The lowest BCUT2D eigenvalue weighted by atomic mass is 10.1. The number of benzene rings is 2. The molecule has 0 bridgehead atoms. The van der Waals surface area contributed by atoms with Gasteiger partial charge in [-0.05, 0) is 30.3 Å². The van der Waals surface area contributed by atoms with Crippen molar-refractivity contribution in [2.24, 2.45) is 0 Å². The molecule has 0 spiro atoms. The maximum Gasteiger partial charge on any atom is 0.270 e. The van der Waals surface area contributed by atoms with E-state index in [0.29, 0.717) is 11.4 Å². The summed E-state index contributed by atoms with van der Waals surface area (Å²) >= 11 is 5.91. The van der Waals surface area contributed by atoms with Gasteiger partial charge in [0.1, 0.15) is 0 Å². The highest BCUT2D eigenvalue weighted by Crippen LogP contribution is 2.23. The van der Waals surface area contributed by atoms with E-state index in [-0.39, 0.29) is 22.2 Å². The molecule has 2 aromatic rings. The van der Waals surface area contributed by atoms with E-state index in [1.54, 1.807) is 24.3 Å². The van der Waals surface area contributed by atoms with Gasteiger partial charge in [0.2, 0.25) is 5.91 Å². The molecule has 0 saturated carbocycles. The Hall–Kier alpha value is -2.93. The summed E-state index contributed by atoms with van der Waals surface area (Å²) in [6.07, 6.45) is 0. The van der Waals surface area contributed by atoms with Crippen LogP contribution in [0.15, 0.2) is 42.5 Å². The Labute approximate surface area is 136 Å². The van der Waals surface area contributed by atoms with E-state index in [2.05, 4.69) is 10.6 Å². The van der Waals surface area contributed by atoms with Crippen LogP contribution in [0, 0.1) is 10.1 Å². The first-order valence-electron chi connectivity index (χ1n) is 6.50. The number of non-ortho nitro benzene ring substituents is 1. The third kappa shape index (κ3) is 4.27. The van der Waals surface area contributed by atoms with Crippen molar-refractivity contribution >= 4 is 40.5 Å². The standard InChI is InChI=1S/C15H12ClN3O4/c1-9(20)17-10-2-4-11(5-3-10)18-15(21)13-8-12(19(22)23)6-7-14(13)16/h2-8H,1H3,(H,17,20)(H,18,21). The van der Waals surface area contributed by atoms with Gasteiger partial charge >= 0.3 is 0 Å². The Morgan fingerprint density at radius 2 is 1.61 bits per heavy atom. The summed E-state index contributed by atoms with van der Waals surface area (Å²) in [5.74, 6) is -0.767. The number of hydrogen-bond donors (Lipinski definition) is 2. The molecular weight excluding hydrogens is 322 g/mol. The Balaban J connectivity index is 2.17. The van der Waals surface area contributed by atoms with E-state index in [0.717, 1.165) is 6.07 Å². The molecular formula is C15H12ClN3O4. The lowest BCUT2D eigenvalue weighted by Crippen LogP contribution is -2.13. The molecule has 0 fully saturated rings. The van der Waals surface area contributed by atoms with Gasteiger partial charge in [0, 0.05) is 30.4 Å². The van der Waals surface area contributed by atoms with Crippen LogP contribution in [0.5, 0.6) is 0 Å². The fourth-order valence-electron chi connectivity index (χ4n) is 1.84. The monoisotopic (exact) mass is 333 g/mol. The van der Waals surface area contributed by atoms with Crippen molar-refractivity contribution in [2.45, 2.75) is 6.92 Å². The van der Waals surface area contributed by atoms with Crippen LogP contribution in [0.3, 0.4) is 0 Å². The number of amides is 2. The van der Waals surface area contributed by atoms with Crippen molar-refractivity contribution in [1.82, 2.24) is 0 Å². The molecule has 0 aliphatic carbocycles. The minimum atomic E-state index is -0.602. The third-order valence-corrected chi connectivity index (χ3v) is 3.20. The summed E-state index contributed by atoms with van der Waals surface area (Å²) in [7, 11) is 0. The van der Waals surface area contributed by atoms with Crippen LogP contribution in [0.1, 0.15) is 17.3 Å². The lowest BCUT2D eigenvalue weighted by molar-refractivity contribution is -0.384. The smallest absolute Gasteiger partial charge is 0.270 e. The normalized spacial score (nSPS) is 10.0. The van der Waals surface area contributed by atoms with Gasteiger partial charge in [0.15, 0.2) is 0 Å². The van der Waals surface area contributed by atoms with Crippen molar-refractivity contribution in [2.75, 3.05) is 10.6 Å². The Bertz CT molecular complexity index is 775. The zero-order valence-corrected chi connectivity index (χ0v) is 12.8. The van der Waals surface area contributed by atoms with Crippen molar-refractivity contribution in [1.29, 1.82) is 0 Å². The molecule has 2 aromatic carbocycles. The second-order valence-electron chi connectivity index (χ2n) is 4.63. The maximum absolute atomic E-state index is 12.2. The summed E-state index contributed by atoms with van der Waals surface area (Å²) in [6, 6.07) is 10.1. The van der Waals surface area contributed by atoms with Crippen LogP contribution in [0.25, 0.3) is 0 Å². The number of nitrogens with one attached hydrogen (secondary N) is 2. The molecule has 0 radical (unpaired) electrons. The number of carbonyl (C=O) groups is 2. The van der Waals surface area contributed by atoms with Gasteiger partial charge in [-0.1, -0.05) is 11.6 Å². The van der Waals surface area contributed by atoms with E-state index in [1.165, 1.54) is 19.1 Å².